The van der Waals surface area contributed by atoms with Crippen LogP contribution in [0.2, 0.25) is 0 Å². The highest BCUT2D eigenvalue weighted by molar-refractivity contribution is 9.10. The maximum Gasteiger partial charge on any atom is 0.227 e. The van der Waals surface area contributed by atoms with Crippen molar-refractivity contribution in [2.75, 3.05) is 0 Å². The molecule has 0 spiro atoms. The van der Waals surface area contributed by atoms with Crippen LogP contribution in [0.4, 0.5) is 4.39 Å². The highest BCUT2D eigenvalue weighted by atomic mass is 79.9. The number of nitrogens with zero attached hydrogens (tertiary/aromatic N) is 3. The van der Waals surface area contributed by atoms with Gasteiger partial charge < -0.3 is 4.74 Å². The van der Waals surface area contributed by atoms with Gasteiger partial charge in [0.2, 0.25) is 12.1 Å². The number of hydrogen-bond donors (Lipinski definition) is 0. The smallest absolute Gasteiger partial charge is 0.227 e. The minimum Gasteiger partial charge on any atom is -0.464 e. The fourth-order valence-corrected chi connectivity index (χ4v) is 5.12. The molecular weight excluding hydrogens is 485 g/mol. The lowest BCUT2D eigenvalue weighted by Gasteiger charge is -2.38. The van der Waals surface area contributed by atoms with Gasteiger partial charge in [-0.25, -0.2) is 9.40 Å². The predicted molar refractivity (Wildman–Crippen MR) is 128 cm³/mol. The monoisotopic (exact) mass is 503 g/mol. The van der Waals surface area contributed by atoms with Gasteiger partial charge in [-0.15, -0.1) is 0 Å². The van der Waals surface area contributed by atoms with Crippen LogP contribution in [0, 0.1) is 5.82 Å². The van der Waals surface area contributed by atoms with Crippen LogP contribution in [0.25, 0.3) is 10.9 Å². The van der Waals surface area contributed by atoms with Crippen molar-refractivity contribution in [2.45, 2.75) is 25.6 Å². The lowest BCUT2D eigenvalue weighted by Crippen LogP contribution is -2.33. The zero-order chi connectivity index (χ0) is 22.7. The average molecular weight is 504 g/mol. The third kappa shape index (κ3) is 3.26. The van der Waals surface area contributed by atoms with E-state index in [1.807, 2.05) is 47.6 Å². The standard InChI is InChI=1S/C26H19BrFN3O2/c1-15(32)30-14-21(19-4-2-3-5-23(19)30)26-31-24(20-12-17(27)8-11-25(20)33-26)13-22(29-31)16-6-9-18(28)10-7-16/h2-12,14,24,26H,13H2,1H3/t24-,26-/m1/s1. The number of fused-ring (bicyclic) bond motifs is 4. The topological polar surface area (TPSA) is 46.8 Å². The molecule has 0 saturated heterocycles. The summed E-state index contributed by atoms with van der Waals surface area (Å²) in [4.78, 5) is 12.3. The number of carbonyl (C=O) groups is 1. The van der Waals surface area contributed by atoms with Crippen LogP contribution in [-0.4, -0.2) is 21.2 Å². The van der Waals surface area contributed by atoms with Crippen LogP contribution in [-0.2, 0) is 0 Å². The Morgan fingerprint density at radius 3 is 2.67 bits per heavy atom. The number of hydrazone groups is 1. The molecule has 2 atom stereocenters. The van der Waals surface area contributed by atoms with Crippen LogP contribution in [0.5, 0.6) is 5.75 Å². The molecule has 0 unspecified atom stereocenters. The first-order valence-corrected chi connectivity index (χ1v) is 11.5. The van der Waals surface area contributed by atoms with Gasteiger partial charge in [-0.2, -0.15) is 5.10 Å². The van der Waals surface area contributed by atoms with Gasteiger partial charge in [-0.1, -0.05) is 46.3 Å². The molecule has 0 aliphatic carbocycles. The van der Waals surface area contributed by atoms with E-state index in [-0.39, 0.29) is 17.8 Å². The van der Waals surface area contributed by atoms with E-state index in [2.05, 4.69) is 22.0 Å². The van der Waals surface area contributed by atoms with Crippen LogP contribution in [0.15, 0.2) is 82.5 Å². The molecule has 3 heterocycles. The number of aromatic nitrogens is 1. The fraction of sp³-hybridized carbons (Fsp3) is 0.154. The summed E-state index contributed by atoms with van der Waals surface area (Å²) in [6.07, 6.45) is 2.01. The molecule has 4 aromatic rings. The number of halogens is 2. The van der Waals surface area contributed by atoms with Crippen molar-refractivity contribution in [3.63, 3.8) is 0 Å². The first-order valence-electron chi connectivity index (χ1n) is 10.7. The normalized spacial score (nSPS) is 19.1. The highest BCUT2D eigenvalue weighted by Crippen LogP contribution is 2.49. The molecule has 2 aliphatic rings. The molecule has 6 rings (SSSR count). The summed E-state index contributed by atoms with van der Waals surface area (Å²) in [7, 11) is 0. The third-order valence-electron chi connectivity index (χ3n) is 6.28. The summed E-state index contributed by atoms with van der Waals surface area (Å²) >= 11 is 3.57. The van der Waals surface area contributed by atoms with Crippen molar-refractivity contribution in [3.8, 4) is 5.75 Å². The van der Waals surface area contributed by atoms with E-state index in [9.17, 15) is 9.18 Å². The number of rotatable bonds is 2. The molecule has 7 heteroatoms. The number of carbonyl (C=O) groups excluding carboxylic acids is 1. The second-order valence-electron chi connectivity index (χ2n) is 8.30. The van der Waals surface area contributed by atoms with E-state index >= 15 is 0 Å². The maximum absolute atomic E-state index is 13.5. The van der Waals surface area contributed by atoms with Crippen molar-refractivity contribution >= 4 is 38.5 Å². The van der Waals surface area contributed by atoms with Crippen molar-refractivity contribution < 1.29 is 13.9 Å². The van der Waals surface area contributed by atoms with Crippen molar-refractivity contribution in [1.82, 2.24) is 9.58 Å². The first-order chi connectivity index (χ1) is 16.0. The average Bonchev–Trinajstić information content (AvgIpc) is 3.42. The SMILES string of the molecule is CC(=O)n1cc([C@H]2Oc3ccc(Br)cc3[C@H]3CC(c4ccc(F)cc4)=NN32)c2ccccc21. The van der Waals surface area contributed by atoms with E-state index in [1.165, 1.54) is 12.1 Å². The molecule has 0 N–H and O–H groups in total. The molecule has 5 nitrogen and oxygen atoms in total. The van der Waals surface area contributed by atoms with Crippen molar-refractivity contribution in [3.05, 3.63) is 99.9 Å². The molecule has 0 saturated carbocycles. The zero-order valence-electron chi connectivity index (χ0n) is 17.7. The Morgan fingerprint density at radius 2 is 1.88 bits per heavy atom. The van der Waals surface area contributed by atoms with Gasteiger partial charge in [0.1, 0.15) is 11.6 Å². The predicted octanol–water partition coefficient (Wildman–Crippen LogP) is 6.45. The summed E-state index contributed by atoms with van der Waals surface area (Å²) in [6.45, 7) is 1.55. The molecule has 0 fully saturated rings. The molecule has 0 radical (unpaired) electrons. The molecule has 1 aromatic heterocycles. The van der Waals surface area contributed by atoms with Gasteiger partial charge >= 0.3 is 0 Å². The Bertz CT molecular complexity index is 1440. The van der Waals surface area contributed by atoms with E-state index in [4.69, 9.17) is 9.84 Å². The van der Waals surface area contributed by atoms with Crippen LogP contribution in [0.3, 0.4) is 0 Å². The number of hydrogen-bond acceptors (Lipinski definition) is 4. The summed E-state index contributed by atoms with van der Waals surface area (Å²) in [6, 6.07) is 20.2. The Kier molecular flexibility index (Phi) is 4.62. The maximum atomic E-state index is 13.5. The molecule has 164 valence electrons. The van der Waals surface area contributed by atoms with Crippen molar-refractivity contribution in [2.24, 2.45) is 5.10 Å². The Labute approximate surface area is 198 Å². The van der Waals surface area contributed by atoms with Gasteiger partial charge in [-0.3, -0.25) is 9.36 Å². The minimum atomic E-state index is -0.507. The summed E-state index contributed by atoms with van der Waals surface area (Å²) < 4.78 is 22.6. The van der Waals surface area contributed by atoms with Gasteiger partial charge in [-0.05, 0) is 42.0 Å². The van der Waals surface area contributed by atoms with E-state index < -0.39 is 6.23 Å². The van der Waals surface area contributed by atoms with E-state index in [0.717, 1.165) is 43.5 Å². The Morgan fingerprint density at radius 1 is 1.09 bits per heavy atom. The van der Waals surface area contributed by atoms with E-state index in [0.29, 0.717) is 6.42 Å². The number of ether oxygens (including phenoxy) is 1. The zero-order valence-corrected chi connectivity index (χ0v) is 19.3. The quantitative estimate of drug-likeness (QED) is 0.316. The van der Waals surface area contributed by atoms with Crippen molar-refractivity contribution in [1.29, 1.82) is 0 Å². The summed E-state index contributed by atoms with van der Waals surface area (Å²) in [5, 5.41) is 7.87. The van der Waals surface area contributed by atoms with Crippen LogP contribution >= 0.6 is 15.9 Å². The lowest BCUT2D eigenvalue weighted by molar-refractivity contribution is -0.0181. The second kappa shape index (κ2) is 7.56. The molecule has 0 amide bonds. The minimum absolute atomic E-state index is 0.0456. The lowest BCUT2D eigenvalue weighted by atomic mass is 9.96. The third-order valence-corrected chi connectivity index (χ3v) is 6.77. The molecule has 0 bridgehead atoms. The Balaban J connectivity index is 1.52. The Hall–Kier alpha value is -3.45. The van der Waals surface area contributed by atoms with E-state index in [1.54, 1.807) is 23.6 Å². The van der Waals surface area contributed by atoms with Crippen LogP contribution in [0.1, 0.15) is 47.1 Å². The molecule has 2 aliphatic heterocycles. The van der Waals surface area contributed by atoms with Gasteiger partial charge in [0.05, 0.1) is 17.3 Å². The first kappa shape index (κ1) is 20.2. The molecule has 3 aromatic carbocycles. The summed E-state index contributed by atoms with van der Waals surface area (Å²) in [5.41, 5.74) is 4.51. The van der Waals surface area contributed by atoms with Gasteiger partial charge in [0.25, 0.3) is 0 Å². The van der Waals surface area contributed by atoms with Crippen LogP contribution < -0.4 is 4.74 Å². The number of benzene rings is 3. The fourth-order valence-electron chi connectivity index (χ4n) is 4.74. The molecular formula is C26H19BrFN3O2. The molecule has 33 heavy (non-hydrogen) atoms. The second-order valence-corrected chi connectivity index (χ2v) is 9.21. The summed E-state index contributed by atoms with van der Waals surface area (Å²) in [5.74, 6) is 0.452. The number of para-hydroxylation sites is 1. The van der Waals surface area contributed by atoms with Gasteiger partial charge in [0.15, 0.2) is 0 Å². The highest BCUT2D eigenvalue weighted by Gasteiger charge is 2.42. The van der Waals surface area contributed by atoms with Gasteiger partial charge in [0, 0.05) is 40.5 Å². The largest absolute Gasteiger partial charge is 0.464 e.